The van der Waals surface area contributed by atoms with Crippen molar-refractivity contribution in [1.82, 2.24) is 14.5 Å². The van der Waals surface area contributed by atoms with Crippen molar-refractivity contribution < 1.29 is 22.4 Å². The van der Waals surface area contributed by atoms with Crippen LogP contribution in [0.4, 0.5) is 0 Å². The van der Waals surface area contributed by atoms with Crippen LogP contribution < -0.4 is 0 Å². The number of piperidine rings is 1. The molecule has 1 fully saturated rings. The monoisotopic (exact) mass is 393 g/mol. The highest BCUT2D eigenvalue weighted by Crippen LogP contribution is 2.25. The lowest BCUT2D eigenvalue weighted by Crippen LogP contribution is -2.41. The highest BCUT2D eigenvalue weighted by atomic mass is 32.2. The second-order valence-corrected chi connectivity index (χ2v) is 8.39. The number of hydrogen-bond donors (Lipinski definition) is 0. The SMILES string of the molecule is CCc1nnc(COC(=O)c2ccc(S(=O)(=O)N3CCCC[C@H]3C)cc2)o1. The zero-order valence-electron chi connectivity index (χ0n) is 15.4. The molecule has 0 amide bonds. The van der Waals surface area contributed by atoms with E-state index in [1.54, 1.807) is 0 Å². The number of nitrogens with zero attached hydrogens (tertiary/aromatic N) is 3. The van der Waals surface area contributed by atoms with Gasteiger partial charge in [-0.15, -0.1) is 10.2 Å². The maximum atomic E-state index is 12.8. The van der Waals surface area contributed by atoms with Crippen LogP contribution in [0, 0.1) is 0 Å². The van der Waals surface area contributed by atoms with E-state index in [0.29, 0.717) is 18.9 Å². The maximum Gasteiger partial charge on any atom is 0.338 e. The van der Waals surface area contributed by atoms with E-state index in [9.17, 15) is 13.2 Å². The van der Waals surface area contributed by atoms with Crippen molar-refractivity contribution in [2.45, 2.75) is 57.1 Å². The van der Waals surface area contributed by atoms with Gasteiger partial charge in [0.2, 0.25) is 15.9 Å². The number of aromatic nitrogens is 2. The fourth-order valence-electron chi connectivity index (χ4n) is 3.03. The molecule has 0 aliphatic carbocycles. The minimum absolute atomic E-state index is 0.0178. The number of esters is 1. The lowest BCUT2D eigenvalue weighted by atomic mass is 10.1. The van der Waals surface area contributed by atoms with Gasteiger partial charge in [0.05, 0.1) is 10.5 Å². The first-order valence-electron chi connectivity index (χ1n) is 9.02. The van der Waals surface area contributed by atoms with Gasteiger partial charge in [-0.1, -0.05) is 13.3 Å². The number of carbonyl (C=O) groups is 1. The summed E-state index contributed by atoms with van der Waals surface area (Å²) in [5, 5.41) is 7.57. The molecule has 1 aliphatic heterocycles. The minimum atomic E-state index is -3.56. The van der Waals surface area contributed by atoms with E-state index in [-0.39, 0.29) is 29.0 Å². The first kappa shape index (κ1) is 19.5. The van der Waals surface area contributed by atoms with Crippen molar-refractivity contribution in [3.8, 4) is 0 Å². The van der Waals surface area contributed by atoms with Crippen molar-refractivity contribution in [3.05, 3.63) is 41.6 Å². The van der Waals surface area contributed by atoms with E-state index in [0.717, 1.165) is 19.3 Å². The number of rotatable bonds is 6. The van der Waals surface area contributed by atoms with E-state index in [4.69, 9.17) is 9.15 Å². The molecule has 3 rings (SSSR count). The molecule has 0 spiro atoms. The molecule has 27 heavy (non-hydrogen) atoms. The molecular formula is C18H23N3O5S. The molecule has 2 heterocycles. The maximum absolute atomic E-state index is 12.8. The van der Waals surface area contributed by atoms with Crippen LogP contribution in [0.1, 0.15) is 55.2 Å². The standard InChI is InChI=1S/C18H23N3O5S/c1-3-16-19-20-17(26-16)12-25-18(22)14-7-9-15(10-8-14)27(23,24)21-11-5-4-6-13(21)2/h7-10,13H,3-6,11-12H2,1-2H3/t13-/m1/s1. The van der Waals surface area contributed by atoms with E-state index in [2.05, 4.69) is 10.2 Å². The number of benzene rings is 1. The Labute approximate surface area is 158 Å². The smallest absolute Gasteiger partial charge is 0.338 e. The molecule has 1 aliphatic rings. The Morgan fingerprint density at radius 3 is 2.56 bits per heavy atom. The first-order valence-corrected chi connectivity index (χ1v) is 10.5. The highest BCUT2D eigenvalue weighted by molar-refractivity contribution is 7.89. The molecule has 1 atom stereocenters. The summed E-state index contributed by atoms with van der Waals surface area (Å²) in [5.74, 6) is 0.113. The number of ether oxygens (including phenoxy) is 1. The second-order valence-electron chi connectivity index (χ2n) is 6.50. The van der Waals surface area contributed by atoms with Crippen molar-refractivity contribution in [2.75, 3.05) is 6.54 Å². The third-order valence-electron chi connectivity index (χ3n) is 4.58. The van der Waals surface area contributed by atoms with Crippen LogP contribution in [0.15, 0.2) is 33.6 Å². The molecule has 0 saturated carbocycles. The van der Waals surface area contributed by atoms with E-state index in [1.807, 2.05) is 13.8 Å². The summed E-state index contributed by atoms with van der Waals surface area (Å²) in [6.07, 6.45) is 3.37. The molecule has 2 aromatic rings. The Balaban J connectivity index is 1.66. The predicted molar refractivity (Wildman–Crippen MR) is 96.4 cm³/mol. The number of aryl methyl sites for hydroxylation is 1. The van der Waals surface area contributed by atoms with Gasteiger partial charge < -0.3 is 9.15 Å². The average Bonchev–Trinajstić information content (AvgIpc) is 3.14. The van der Waals surface area contributed by atoms with Gasteiger partial charge >= 0.3 is 5.97 Å². The van der Waals surface area contributed by atoms with E-state index in [1.165, 1.54) is 28.6 Å². The Morgan fingerprint density at radius 2 is 1.93 bits per heavy atom. The molecule has 0 unspecified atom stereocenters. The third kappa shape index (κ3) is 4.36. The largest absolute Gasteiger partial charge is 0.452 e. The van der Waals surface area contributed by atoms with Crippen LogP contribution in [0.3, 0.4) is 0 Å². The zero-order chi connectivity index (χ0) is 19.4. The highest BCUT2D eigenvalue weighted by Gasteiger charge is 2.30. The lowest BCUT2D eigenvalue weighted by Gasteiger charge is -2.32. The molecule has 9 heteroatoms. The average molecular weight is 393 g/mol. The Morgan fingerprint density at radius 1 is 1.22 bits per heavy atom. The van der Waals surface area contributed by atoms with Gasteiger partial charge in [0.25, 0.3) is 5.89 Å². The summed E-state index contributed by atoms with van der Waals surface area (Å²) in [6.45, 7) is 4.20. The van der Waals surface area contributed by atoms with Gasteiger partial charge in [-0.3, -0.25) is 0 Å². The number of hydrogen-bond acceptors (Lipinski definition) is 7. The van der Waals surface area contributed by atoms with Crippen LogP contribution in [0.25, 0.3) is 0 Å². The number of carbonyl (C=O) groups excluding carboxylic acids is 1. The first-order chi connectivity index (χ1) is 12.9. The summed E-state index contributed by atoms with van der Waals surface area (Å²) >= 11 is 0. The topological polar surface area (TPSA) is 103 Å². The molecule has 8 nitrogen and oxygen atoms in total. The van der Waals surface area contributed by atoms with Gasteiger partial charge in [0.1, 0.15) is 0 Å². The molecule has 1 aromatic carbocycles. The minimum Gasteiger partial charge on any atom is -0.452 e. The van der Waals surface area contributed by atoms with Crippen LogP contribution in [0.2, 0.25) is 0 Å². The number of sulfonamides is 1. The molecule has 146 valence electrons. The van der Waals surface area contributed by atoms with Crippen molar-refractivity contribution in [2.24, 2.45) is 0 Å². The third-order valence-corrected chi connectivity index (χ3v) is 6.60. The summed E-state index contributed by atoms with van der Waals surface area (Å²) in [5.41, 5.74) is 0.260. The van der Waals surface area contributed by atoms with Crippen LogP contribution in [-0.2, 0) is 27.8 Å². The zero-order valence-corrected chi connectivity index (χ0v) is 16.2. The normalized spacial score (nSPS) is 18.4. The van der Waals surface area contributed by atoms with Gasteiger partial charge in [-0.25, -0.2) is 13.2 Å². The van der Waals surface area contributed by atoms with Crippen molar-refractivity contribution in [3.63, 3.8) is 0 Å². The lowest BCUT2D eigenvalue weighted by molar-refractivity contribution is 0.0436. The Hall–Kier alpha value is -2.26. The van der Waals surface area contributed by atoms with E-state index < -0.39 is 16.0 Å². The quantitative estimate of drug-likeness (QED) is 0.695. The molecule has 1 saturated heterocycles. The van der Waals surface area contributed by atoms with Gasteiger partial charge in [-0.2, -0.15) is 4.31 Å². The Kier molecular flexibility index (Phi) is 5.91. The molecular weight excluding hydrogens is 370 g/mol. The van der Waals surface area contributed by atoms with Gasteiger partial charge in [0, 0.05) is 19.0 Å². The summed E-state index contributed by atoms with van der Waals surface area (Å²) < 4.78 is 37.5. The molecule has 0 N–H and O–H groups in total. The van der Waals surface area contributed by atoms with Crippen LogP contribution in [-0.4, -0.2) is 41.5 Å². The summed E-state index contributed by atoms with van der Waals surface area (Å²) in [6, 6.07) is 5.77. The molecule has 0 radical (unpaired) electrons. The van der Waals surface area contributed by atoms with Crippen LogP contribution >= 0.6 is 0 Å². The predicted octanol–water partition coefficient (Wildman–Crippen LogP) is 2.55. The van der Waals surface area contributed by atoms with Gasteiger partial charge in [-0.05, 0) is 44.0 Å². The van der Waals surface area contributed by atoms with E-state index >= 15 is 0 Å². The van der Waals surface area contributed by atoms with Crippen molar-refractivity contribution >= 4 is 16.0 Å². The fourth-order valence-corrected chi connectivity index (χ4v) is 4.73. The summed E-state index contributed by atoms with van der Waals surface area (Å²) in [4.78, 5) is 12.3. The molecule has 0 bridgehead atoms. The van der Waals surface area contributed by atoms with Gasteiger partial charge in [0.15, 0.2) is 6.61 Å². The van der Waals surface area contributed by atoms with Crippen molar-refractivity contribution in [1.29, 1.82) is 0 Å². The fraction of sp³-hybridized carbons (Fsp3) is 0.500. The van der Waals surface area contributed by atoms with Crippen LogP contribution in [0.5, 0.6) is 0 Å². The summed E-state index contributed by atoms with van der Waals surface area (Å²) in [7, 11) is -3.56. The Bertz CT molecular complexity index is 892. The molecule has 1 aromatic heterocycles. The second kappa shape index (κ2) is 8.18.